The van der Waals surface area contributed by atoms with Crippen molar-refractivity contribution in [2.24, 2.45) is 0 Å². The summed E-state index contributed by atoms with van der Waals surface area (Å²) in [4.78, 5) is 0. The average molecular weight is 382 g/mol. The van der Waals surface area contributed by atoms with Gasteiger partial charge < -0.3 is 4.74 Å². The van der Waals surface area contributed by atoms with Crippen LogP contribution in [0.5, 0.6) is 0 Å². The molecule has 0 saturated heterocycles. The second-order valence-electron chi connectivity index (χ2n) is 4.09. The Morgan fingerprint density at radius 3 is 2.26 bits per heavy atom. The van der Waals surface area contributed by atoms with Crippen LogP contribution in [0.2, 0.25) is 0 Å². The van der Waals surface area contributed by atoms with Gasteiger partial charge in [0.2, 0.25) is 0 Å². The fraction of sp³-hybridized carbons (Fsp3) is 0.125. The van der Waals surface area contributed by atoms with E-state index in [0.717, 1.165) is 20.1 Å². The summed E-state index contributed by atoms with van der Waals surface area (Å²) in [7, 11) is 1.72. The summed E-state index contributed by atoms with van der Waals surface area (Å²) < 4.78 is 7.64. The van der Waals surface area contributed by atoms with Crippen LogP contribution in [-0.2, 0) is 4.74 Å². The Morgan fingerprint density at radius 2 is 1.68 bits per heavy atom. The van der Waals surface area contributed by atoms with Crippen molar-refractivity contribution in [3.63, 3.8) is 0 Å². The first-order valence-electron chi connectivity index (χ1n) is 5.91. The molecule has 0 radical (unpaired) electrons. The highest BCUT2D eigenvalue weighted by Gasteiger charge is 2.08. The summed E-state index contributed by atoms with van der Waals surface area (Å²) in [5.41, 5.74) is 2.26. The Bertz CT molecular complexity index is 547. The molecule has 0 N–H and O–H groups in total. The molecule has 2 aromatic carbocycles. The van der Waals surface area contributed by atoms with Crippen LogP contribution in [0.3, 0.4) is 0 Å². The minimum absolute atomic E-state index is 0.0670. The molecule has 0 saturated carbocycles. The molecule has 1 nitrogen and oxygen atoms in total. The number of hydrogen-bond donors (Lipinski definition) is 0. The number of benzene rings is 2. The highest BCUT2D eigenvalue weighted by atomic mass is 79.9. The lowest BCUT2D eigenvalue weighted by Crippen LogP contribution is -1.98. The Balaban J connectivity index is 2.25. The van der Waals surface area contributed by atoms with Crippen molar-refractivity contribution >= 4 is 36.3 Å². The summed E-state index contributed by atoms with van der Waals surface area (Å²) in [6.07, 6.45) is 2.00. The third-order valence-corrected chi connectivity index (χ3v) is 4.05. The van der Waals surface area contributed by atoms with Crippen molar-refractivity contribution < 1.29 is 4.74 Å². The summed E-state index contributed by atoms with van der Waals surface area (Å²) in [5, 5.41) is 0. The van der Waals surface area contributed by atoms with Gasteiger partial charge in [-0.25, -0.2) is 0 Å². The molecule has 0 heterocycles. The van der Waals surface area contributed by atoms with E-state index in [1.165, 1.54) is 0 Å². The molecule has 0 fully saturated rings. The predicted octanol–water partition coefficient (Wildman–Crippen LogP) is 5.57. The zero-order valence-electron chi connectivity index (χ0n) is 10.5. The van der Waals surface area contributed by atoms with Gasteiger partial charge in [-0.05, 0) is 29.3 Å². The van der Waals surface area contributed by atoms with Crippen LogP contribution in [0, 0.1) is 0 Å². The van der Waals surface area contributed by atoms with Crippen molar-refractivity contribution in [1.29, 1.82) is 0 Å². The molecular weight excluding hydrogens is 368 g/mol. The first-order chi connectivity index (χ1) is 9.20. The molecule has 1 unspecified atom stereocenters. The normalized spacial score (nSPS) is 13.3. The molecule has 0 aliphatic carbocycles. The maximum Gasteiger partial charge on any atom is 0.102 e. The van der Waals surface area contributed by atoms with E-state index in [1.807, 2.05) is 30.3 Å². The molecule has 0 aromatic heterocycles. The standard InChI is InChI=1S/C16H14Br2O/c1-19-16(13-7-9-14(17)10-8-13)11-15(18)12-5-3-2-4-6-12/h2-11,16H,1H3/b15-11+. The Labute approximate surface area is 130 Å². The number of halogens is 2. The first-order valence-corrected chi connectivity index (χ1v) is 7.50. The van der Waals surface area contributed by atoms with Crippen molar-refractivity contribution in [3.05, 3.63) is 76.3 Å². The van der Waals surface area contributed by atoms with E-state index >= 15 is 0 Å². The van der Waals surface area contributed by atoms with E-state index in [2.05, 4.69) is 62.2 Å². The Kier molecular flexibility index (Phi) is 5.37. The van der Waals surface area contributed by atoms with Gasteiger partial charge >= 0.3 is 0 Å². The second-order valence-corrected chi connectivity index (χ2v) is 5.86. The van der Waals surface area contributed by atoms with E-state index < -0.39 is 0 Å². The van der Waals surface area contributed by atoms with Gasteiger partial charge in [-0.2, -0.15) is 0 Å². The molecule has 19 heavy (non-hydrogen) atoms. The zero-order valence-corrected chi connectivity index (χ0v) is 13.7. The monoisotopic (exact) mass is 380 g/mol. The molecule has 2 aromatic rings. The van der Waals surface area contributed by atoms with Crippen LogP contribution >= 0.6 is 31.9 Å². The fourth-order valence-electron chi connectivity index (χ4n) is 1.78. The van der Waals surface area contributed by atoms with Gasteiger partial charge in [0.15, 0.2) is 0 Å². The van der Waals surface area contributed by atoms with Crippen molar-refractivity contribution in [2.75, 3.05) is 7.11 Å². The summed E-state index contributed by atoms with van der Waals surface area (Å²) in [6.45, 7) is 0. The molecule has 0 amide bonds. The van der Waals surface area contributed by atoms with Gasteiger partial charge in [0.25, 0.3) is 0 Å². The molecule has 0 aliphatic heterocycles. The topological polar surface area (TPSA) is 9.23 Å². The number of hydrogen-bond acceptors (Lipinski definition) is 1. The zero-order chi connectivity index (χ0) is 13.7. The van der Waals surface area contributed by atoms with Crippen molar-refractivity contribution in [2.45, 2.75) is 6.10 Å². The maximum absolute atomic E-state index is 5.55. The van der Waals surface area contributed by atoms with E-state index in [-0.39, 0.29) is 6.10 Å². The van der Waals surface area contributed by atoms with Gasteiger partial charge in [-0.3, -0.25) is 0 Å². The summed E-state index contributed by atoms with van der Waals surface area (Å²) in [5.74, 6) is 0. The number of rotatable bonds is 4. The molecule has 0 bridgehead atoms. The minimum Gasteiger partial charge on any atom is -0.373 e. The second kappa shape index (κ2) is 7.04. The molecule has 3 heteroatoms. The van der Waals surface area contributed by atoms with Gasteiger partial charge in [-0.1, -0.05) is 74.3 Å². The lowest BCUT2D eigenvalue weighted by molar-refractivity contribution is 0.143. The molecular formula is C16H14Br2O. The van der Waals surface area contributed by atoms with Gasteiger partial charge in [0.05, 0.1) is 0 Å². The largest absolute Gasteiger partial charge is 0.373 e. The summed E-state index contributed by atoms with van der Waals surface area (Å²) >= 11 is 7.05. The van der Waals surface area contributed by atoms with Crippen molar-refractivity contribution in [1.82, 2.24) is 0 Å². The third-order valence-electron chi connectivity index (χ3n) is 2.80. The van der Waals surface area contributed by atoms with Crippen LogP contribution in [0.15, 0.2) is 65.1 Å². The quantitative estimate of drug-likeness (QED) is 0.672. The van der Waals surface area contributed by atoms with E-state index in [1.54, 1.807) is 7.11 Å². The smallest absolute Gasteiger partial charge is 0.102 e. The number of methoxy groups -OCH3 is 1. The van der Waals surface area contributed by atoms with Crippen LogP contribution in [0.1, 0.15) is 17.2 Å². The minimum atomic E-state index is -0.0670. The Hall–Kier alpha value is -0.900. The third kappa shape index (κ3) is 4.03. The average Bonchev–Trinajstić information content (AvgIpc) is 2.46. The van der Waals surface area contributed by atoms with Crippen LogP contribution in [0.25, 0.3) is 4.48 Å². The highest BCUT2D eigenvalue weighted by Crippen LogP contribution is 2.28. The van der Waals surface area contributed by atoms with E-state index in [0.29, 0.717) is 0 Å². The fourth-order valence-corrected chi connectivity index (χ4v) is 2.55. The molecule has 2 rings (SSSR count). The van der Waals surface area contributed by atoms with E-state index in [9.17, 15) is 0 Å². The SMILES string of the molecule is COC(/C=C(/Br)c1ccccc1)c1ccc(Br)cc1. The lowest BCUT2D eigenvalue weighted by Gasteiger charge is -2.13. The van der Waals surface area contributed by atoms with E-state index in [4.69, 9.17) is 4.74 Å². The maximum atomic E-state index is 5.55. The van der Waals surface area contributed by atoms with Gasteiger partial charge in [0, 0.05) is 16.1 Å². The molecule has 1 atom stereocenters. The van der Waals surface area contributed by atoms with Gasteiger partial charge in [-0.15, -0.1) is 0 Å². The van der Waals surface area contributed by atoms with Crippen LogP contribution in [0.4, 0.5) is 0 Å². The molecule has 0 spiro atoms. The first kappa shape index (κ1) is 14.5. The predicted molar refractivity (Wildman–Crippen MR) is 87.2 cm³/mol. The highest BCUT2D eigenvalue weighted by molar-refractivity contribution is 9.15. The summed E-state index contributed by atoms with van der Waals surface area (Å²) in [6, 6.07) is 18.3. The van der Waals surface area contributed by atoms with Crippen molar-refractivity contribution in [3.8, 4) is 0 Å². The molecule has 0 aliphatic rings. The van der Waals surface area contributed by atoms with Gasteiger partial charge in [0.1, 0.15) is 6.10 Å². The molecule has 98 valence electrons. The van der Waals surface area contributed by atoms with Crippen LogP contribution in [-0.4, -0.2) is 7.11 Å². The van der Waals surface area contributed by atoms with Crippen LogP contribution < -0.4 is 0 Å². The number of ether oxygens (including phenoxy) is 1. The Morgan fingerprint density at radius 1 is 1.05 bits per heavy atom. The lowest BCUT2D eigenvalue weighted by atomic mass is 10.1.